The highest BCUT2D eigenvalue weighted by Gasteiger charge is 2.21. The first-order valence-corrected chi connectivity index (χ1v) is 6.74. The lowest BCUT2D eigenvalue weighted by atomic mass is 10.2. The van der Waals surface area contributed by atoms with Crippen molar-refractivity contribution in [2.45, 2.75) is 26.7 Å². The van der Waals surface area contributed by atoms with E-state index < -0.39 is 0 Å². The summed E-state index contributed by atoms with van der Waals surface area (Å²) in [5.74, 6) is 1.55. The molecule has 2 aromatic rings. The fraction of sp³-hybridized carbons (Fsp3) is 0.429. The number of nitrogens with zero attached hydrogens (tertiary/aromatic N) is 2. The normalized spacial score (nSPS) is 13.9. The van der Waals surface area contributed by atoms with Crippen molar-refractivity contribution in [3.05, 3.63) is 29.7 Å². The number of rotatable bonds is 3. The Morgan fingerprint density at radius 1 is 1.33 bits per heavy atom. The Morgan fingerprint density at radius 2 is 2.11 bits per heavy atom. The summed E-state index contributed by atoms with van der Waals surface area (Å²) in [5.41, 5.74) is 0.725. The van der Waals surface area contributed by atoms with Crippen molar-refractivity contribution in [1.82, 2.24) is 9.97 Å². The van der Waals surface area contributed by atoms with Gasteiger partial charge in [-0.3, -0.25) is 0 Å². The molecule has 0 aromatic carbocycles. The summed E-state index contributed by atoms with van der Waals surface area (Å²) in [5, 5.41) is 1.40. The van der Waals surface area contributed by atoms with Crippen LogP contribution in [0.5, 0.6) is 5.75 Å². The van der Waals surface area contributed by atoms with Crippen LogP contribution in [-0.4, -0.2) is 16.6 Å². The number of ether oxygens (including phenoxy) is 1. The standard InChI is InChI=1S/C12H11ClN2O.C2H6/c13-12-11-9(3-4-14-12)5-10(6-15-11)16-7-8-1-2-8;1-2/h3-6,8H,1-2,7H2;1-2H3. The highest BCUT2D eigenvalue weighted by molar-refractivity contribution is 6.33. The van der Waals surface area contributed by atoms with Crippen molar-refractivity contribution in [3.8, 4) is 5.75 Å². The minimum atomic E-state index is 0.436. The van der Waals surface area contributed by atoms with Crippen LogP contribution >= 0.6 is 11.6 Å². The second kappa shape index (κ2) is 6.01. The van der Waals surface area contributed by atoms with Gasteiger partial charge in [0.1, 0.15) is 11.3 Å². The van der Waals surface area contributed by atoms with Crippen LogP contribution in [-0.2, 0) is 0 Å². The van der Waals surface area contributed by atoms with E-state index in [2.05, 4.69) is 9.97 Å². The molecule has 0 radical (unpaired) electrons. The Hall–Kier alpha value is -1.35. The Bertz CT molecular complexity index is 526. The van der Waals surface area contributed by atoms with Crippen LogP contribution in [0.3, 0.4) is 0 Å². The van der Waals surface area contributed by atoms with E-state index in [1.54, 1.807) is 12.4 Å². The zero-order valence-electron chi connectivity index (χ0n) is 10.7. The number of hydrogen-bond acceptors (Lipinski definition) is 3. The molecule has 2 aromatic heterocycles. The summed E-state index contributed by atoms with van der Waals surface area (Å²) in [4.78, 5) is 8.24. The first-order valence-electron chi connectivity index (χ1n) is 6.36. The predicted molar refractivity (Wildman–Crippen MR) is 74.1 cm³/mol. The first-order chi connectivity index (χ1) is 8.83. The van der Waals surface area contributed by atoms with Gasteiger partial charge in [-0.2, -0.15) is 0 Å². The molecule has 3 nitrogen and oxygen atoms in total. The van der Waals surface area contributed by atoms with Crippen LogP contribution in [0, 0.1) is 5.92 Å². The quantitative estimate of drug-likeness (QED) is 0.783. The molecule has 1 aliphatic rings. The molecule has 96 valence electrons. The lowest BCUT2D eigenvalue weighted by Gasteiger charge is -2.05. The summed E-state index contributed by atoms with van der Waals surface area (Å²) in [7, 11) is 0. The fourth-order valence-electron chi connectivity index (χ4n) is 1.58. The van der Waals surface area contributed by atoms with Crippen LogP contribution in [0.25, 0.3) is 10.9 Å². The molecule has 0 unspecified atom stereocenters. The number of hydrogen-bond donors (Lipinski definition) is 0. The molecule has 0 aliphatic heterocycles. The topological polar surface area (TPSA) is 35.0 Å². The van der Waals surface area contributed by atoms with Gasteiger partial charge in [0.2, 0.25) is 0 Å². The number of aromatic nitrogens is 2. The maximum Gasteiger partial charge on any atom is 0.155 e. The van der Waals surface area contributed by atoms with Crippen LogP contribution < -0.4 is 4.74 Å². The second-order valence-corrected chi connectivity index (χ2v) is 4.46. The van der Waals surface area contributed by atoms with Gasteiger partial charge in [0.25, 0.3) is 0 Å². The van der Waals surface area contributed by atoms with Crippen molar-refractivity contribution < 1.29 is 4.74 Å². The van der Waals surface area contributed by atoms with Gasteiger partial charge in [-0.1, -0.05) is 25.4 Å². The molecule has 0 atom stereocenters. The largest absolute Gasteiger partial charge is 0.492 e. The highest BCUT2D eigenvalue weighted by atomic mass is 35.5. The summed E-state index contributed by atoms with van der Waals surface area (Å²) < 4.78 is 5.65. The molecule has 0 amide bonds. The van der Waals surface area contributed by atoms with Crippen molar-refractivity contribution in [3.63, 3.8) is 0 Å². The Kier molecular flexibility index (Phi) is 4.37. The molecule has 0 bridgehead atoms. The number of pyridine rings is 2. The maximum atomic E-state index is 5.93. The molecule has 3 rings (SSSR count). The molecule has 1 saturated carbocycles. The molecule has 1 fully saturated rings. The third-order valence-electron chi connectivity index (χ3n) is 2.71. The predicted octanol–water partition coefficient (Wildman–Crippen LogP) is 4.10. The molecule has 1 aliphatic carbocycles. The van der Waals surface area contributed by atoms with Crippen LogP contribution in [0.2, 0.25) is 5.15 Å². The van der Waals surface area contributed by atoms with Crippen LogP contribution in [0.1, 0.15) is 26.7 Å². The van der Waals surface area contributed by atoms with Gasteiger partial charge in [0.05, 0.1) is 12.8 Å². The maximum absolute atomic E-state index is 5.93. The number of fused-ring (bicyclic) bond motifs is 1. The van der Waals surface area contributed by atoms with Gasteiger partial charge in [-0.15, -0.1) is 0 Å². The SMILES string of the molecule is CC.Clc1nccc2cc(OCC3CC3)cnc12. The van der Waals surface area contributed by atoms with Crippen LogP contribution in [0.15, 0.2) is 24.5 Å². The summed E-state index contributed by atoms with van der Waals surface area (Å²) >= 11 is 5.93. The van der Waals surface area contributed by atoms with Crippen molar-refractivity contribution in [2.24, 2.45) is 5.92 Å². The molecule has 0 spiro atoms. The van der Waals surface area contributed by atoms with E-state index in [-0.39, 0.29) is 0 Å². The van der Waals surface area contributed by atoms with E-state index >= 15 is 0 Å². The zero-order valence-corrected chi connectivity index (χ0v) is 11.4. The Balaban J connectivity index is 0.000000574. The van der Waals surface area contributed by atoms with Crippen molar-refractivity contribution in [2.75, 3.05) is 6.61 Å². The van der Waals surface area contributed by atoms with Crippen molar-refractivity contribution >= 4 is 22.5 Å². The number of halogens is 1. The fourth-order valence-corrected chi connectivity index (χ4v) is 1.80. The van der Waals surface area contributed by atoms with Gasteiger partial charge in [0, 0.05) is 11.6 Å². The smallest absolute Gasteiger partial charge is 0.155 e. The summed E-state index contributed by atoms with van der Waals surface area (Å²) in [6.45, 7) is 4.80. The lowest BCUT2D eigenvalue weighted by Crippen LogP contribution is -1.99. The third-order valence-corrected chi connectivity index (χ3v) is 2.99. The second-order valence-electron chi connectivity index (χ2n) is 4.10. The summed E-state index contributed by atoms with van der Waals surface area (Å²) in [6, 6.07) is 3.84. The molecule has 0 N–H and O–H groups in total. The molecule has 4 heteroatoms. The van der Waals surface area contributed by atoms with Gasteiger partial charge in [-0.25, -0.2) is 9.97 Å². The minimum Gasteiger partial charge on any atom is -0.492 e. The van der Waals surface area contributed by atoms with E-state index in [4.69, 9.17) is 16.3 Å². The van der Waals surface area contributed by atoms with Gasteiger partial charge in [0.15, 0.2) is 5.15 Å². The highest BCUT2D eigenvalue weighted by Crippen LogP contribution is 2.30. The van der Waals surface area contributed by atoms with E-state index in [0.29, 0.717) is 5.15 Å². The van der Waals surface area contributed by atoms with Crippen molar-refractivity contribution in [1.29, 1.82) is 0 Å². The molecule has 18 heavy (non-hydrogen) atoms. The monoisotopic (exact) mass is 264 g/mol. The lowest BCUT2D eigenvalue weighted by molar-refractivity contribution is 0.299. The van der Waals surface area contributed by atoms with Crippen LogP contribution in [0.4, 0.5) is 0 Å². The summed E-state index contributed by atoms with van der Waals surface area (Å²) in [6.07, 6.45) is 5.96. The first kappa shape index (κ1) is 13.1. The molecule has 0 saturated heterocycles. The Morgan fingerprint density at radius 3 is 2.83 bits per heavy atom. The van der Waals surface area contributed by atoms with Gasteiger partial charge >= 0.3 is 0 Å². The van der Waals surface area contributed by atoms with E-state index in [9.17, 15) is 0 Å². The van der Waals surface area contributed by atoms with E-state index in [0.717, 1.165) is 29.2 Å². The third kappa shape index (κ3) is 3.10. The molecule has 2 heterocycles. The van der Waals surface area contributed by atoms with E-state index in [1.165, 1.54) is 12.8 Å². The Labute approximate surface area is 112 Å². The molecular weight excluding hydrogens is 248 g/mol. The molecular formula is C14H17ClN2O. The van der Waals surface area contributed by atoms with Gasteiger partial charge < -0.3 is 4.74 Å². The minimum absolute atomic E-state index is 0.436. The average molecular weight is 265 g/mol. The average Bonchev–Trinajstić information content (AvgIpc) is 3.23. The zero-order chi connectivity index (χ0) is 13.0. The van der Waals surface area contributed by atoms with Gasteiger partial charge in [-0.05, 0) is 30.9 Å². The van der Waals surface area contributed by atoms with E-state index in [1.807, 2.05) is 26.0 Å².